The summed E-state index contributed by atoms with van der Waals surface area (Å²) in [4.78, 5) is 45.4. The molecule has 1 fully saturated rings. The van der Waals surface area contributed by atoms with Crippen LogP contribution in [-0.4, -0.2) is 27.8 Å². The third-order valence-electron chi connectivity index (χ3n) is 9.97. The van der Waals surface area contributed by atoms with Crippen LogP contribution in [0.15, 0.2) is 96.2 Å². The van der Waals surface area contributed by atoms with Crippen molar-refractivity contribution in [1.82, 2.24) is 4.57 Å². The first kappa shape index (κ1) is 32.2. The molecule has 1 aromatic heterocycles. The summed E-state index contributed by atoms with van der Waals surface area (Å²) in [5.74, 6) is -0.420. The highest BCUT2D eigenvalue weighted by Gasteiger charge is 2.25. The number of aryl methyl sites for hydroxylation is 3. The van der Waals surface area contributed by atoms with E-state index in [1.54, 1.807) is 12.1 Å². The van der Waals surface area contributed by atoms with Gasteiger partial charge in [-0.25, -0.2) is 4.79 Å². The summed E-state index contributed by atoms with van der Waals surface area (Å²) in [6.45, 7) is 8.18. The summed E-state index contributed by atoms with van der Waals surface area (Å²) in [7, 11) is 0. The molecule has 49 heavy (non-hydrogen) atoms. The molecule has 5 aromatic carbocycles. The van der Waals surface area contributed by atoms with Gasteiger partial charge in [0.15, 0.2) is 11.5 Å². The van der Waals surface area contributed by atoms with Crippen molar-refractivity contribution in [3.8, 4) is 0 Å². The highest BCUT2D eigenvalue weighted by molar-refractivity contribution is 6.51. The predicted molar refractivity (Wildman–Crippen MR) is 197 cm³/mol. The molecular formula is C43H40N2O4. The van der Waals surface area contributed by atoms with Crippen molar-refractivity contribution in [3.05, 3.63) is 130 Å². The zero-order valence-corrected chi connectivity index (χ0v) is 28.5. The van der Waals surface area contributed by atoms with Crippen LogP contribution in [0.1, 0.15) is 87.6 Å². The van der Waals surface area contributed by atoms with E-state index in [0.717, 1.165) is 61.4 Å². The molecule has 0 unspecified atom stereocenters. The van der Waals surface area contributed by atoms with Crippen LogP contribution in [0.25, 0.3) is 32.6 Å². The van der Waals surface area contributed by atoms with Gasteiger partial charge in [-0.1, -0.05) is 96.7 Å². The molecule has 7 rings (SSSR count). The molecule has 0 amide bonds. The van der Waals surface area contributed by atoms with Crippen molar-refractivity contribution >= 4 is 55.8 Å². The maximum Gasteiger partial charge on any atom is 0.332 e. The molecule has 0 radical (unpaired) electrons. The summed E-state index contributed by atoms with van der Waals surface area (Å²) >= 11 is 0. The maximum atomic E-state index is 14.5. The average molecular weight is 649 g/mol. The molecule has 0 saturated heterocycles. The van der Waals surface area contributed by atoms with Gasteiger partial charge in [0.1, 0.15) is 0 Å². The normalized spacial score (nSPS) is 14.1. The lowest BCUT2D eigenvalue weighted by Gasteiger charge is -2.23. The fraction of sp³-hybridized carbons (Fsp3) is 0.256. The van der Waals surface area contributed by atoms with E-state index in [1.807, 2.05) is 68.4 Å². The predicted octanol–water partition coefficient (Wildman–Crippen LogP) is 9.83. The van der Waals surface area contributed by atoms with E-state index in [2.05, 4.69) is 40.9 Å². The van der Waals surface area contributed by atoms with Gasteiger partial charge in [-0.15, -0.1) is 0 Å². The van der Waals surface area contributed by atoms with Crippen LogP contribution in [-0.2, 0) is 16.2 Å². The van der Waals surface area contributed by atoms with E-state index in [1.165, 1.54) is 39.0 Å². The molecular weight excluding hydrogens is 608 g/mol. The molecule has 0 atom stereocenters. The molecule has 1 aliphatic carbocycles. The molecule has 246 valence electrons. The highest BCUT2D eigenvalue weighted by atomic mass is 16.7. The molecule has 0 bridgehead atoms. The van der Waals surface area contributed by atoms with Gasteiger partial charge in [0, 0.05) is 57.4 Å². The molecule has 6 heteroatoms. The lowest BCUT2D eigenvalue weighted by atomic mass is 9.89. The van der Waals surface area contributed by atoms with Crippen molar-refractivity contribution in [2.45, 2.75) is 66.3 Å². The smallest absolute Gasteiger partial charge is 0.332 e. The lowest BCUT2D eigenvalue weighted by molar-refractivity contribution is -0.140. The third-order valence-corrected chi connectivity index (χ3v) is 9.97. The van der Waals surface area contributed by atoms with Gasteiger partial charge < -0.3 is 9.40 Å². The fourth-order valence-corrected chi connectivity index (χ4v) is 7.85. The largest absolute Gasteiger partial charge is 0.340 e. The van der Waals surface area contributed by atoms with Crippen molar-refractivity contribution in [2.75, 3.05) is 0 Å². The van der Waals surface area contributed by atoms with E-state index < -0.39 is 5.97 Å². The zero-order valence-electron chi connectivity index (χ0n) is 28.5. The summed E-state index contributed by atoms with van der Waals surface area (Å²) in [6.07, 6.45) is 6.12. The highest BCUT2D eigenvalue weighted by Crippen LogP contribution is 2.39. The number of hydrogen-bond acceptors (Lipinski definition) is 5. The molecule has 1 heterocycles. The quantitative estimate of drug-likeness (QED) is 0.0712. The second-order valence-electron chi connectivity index (χ2n) is 13.5. The van der Waals surface area contributed by atoms with Crippen LogP contribution in [0.2, 0.25) is 0 Å². The third kappa shape index (κ3) is 6.08. The molecule has 6 aromatic rings. The Kier molecular flexibility index (Phi) is 8.72. The van der Waals surface area contributed by atoms with Gasteiger partial charge in [0.05, 0.1) is 5.52 Å². The van der Waals surface area contributed by atoms with Crippen molar-refractivity contribution in [3.63, 3.8) is 0 Å². The minimum Gasteiger partial charge on any atom is -0.340 e. The van der Waals surface area contributed by atoms with Crippen LogP contribution in [0.4, 0.5) is 0 Å². The van der Waals surface area contributed by atoms with Crippen LogP contribution < -0.4 is 0 Å². The Morgan fingerprint density at radius 3 is 2.10 bits per heavy atom. The van der Waals surface area contributed by atoms with Gasteiger partial charge in [-0.3, -0.25) is 9.59 Å². The minimum atomic E-state index is -0.606. The maximum absolute atomic E-state index is 14.5. The van der Waals surface area contributed by atoms with E-state index in [4.69, 9.17) is 4.84 Å². The molecule has 0 aliphatic heterocycles. The van der Waals surface area contributed by atoms with Crippen molar-refractivity contribution < 1.29 is 19.2 Å². The van der Waals surface area contributed by atoms with E-state index in [0.29, 0.717) is 22.6 Å². The van der Waals surface area contributed by atoms with Crippen LogP contribution in [0.3, 0.4) is 0 Å². The van der Waals surface area contributed by atoms with Crippen LogP contribution >= 0.6 is 0 Å². The first-order valence-electron chi connectivity index (χ1n) is 17.2. The number of carbonyl (C=O) groups is 3. The topological polar surface area (TPSA) is 77.7 Å². The molecule has 6 nitrogen and oxygen atoms in total. The van der Waals surface area contributed by atoms with E-state index >= 15 is 0 Å². The van der Waals surface area contributed by atoms with Crippen molar-refractivity contribution in [1.29, 1.82) is 0 Å². The lowest BCUT2D eigenvalue weighted by Crippen LogP contribution is -2.17. The van der Waals surface area contributed by atoms with E-state index in [9.17, 15) is 14.4 Å². The number of rotatable bonds is 8. The fourth-order valence-electron chi connectivity index (χ4n) is 7.85. The first-order valence-corrected chi connectivity index (χ1v) is 17.2. The van der Waals surface area contributed by atoms with Gasteiger partial charge >= 0.3 is 5.97 Å². The Morgan fingerprint density at radius 1 is 0.735 bits per heavy atom. The summed E-state index contributed by atoms with van der Waals surface area (Å²) in [6, 6.07) is 29.2. The molecule has 0 spiro atoms. The number of fused-ring (bicyclic) bond motifs is 5. The first-order chi connectivity index (χ1) is 23.7. The van der Waals surface area contributed by atoms with E-state index in [-0.39, 0.29) is 17.3 Å². The second kappa shape index (κ2) is 13.3. The number of hydrogen-bond donors (Lipinski definition) is 0. The zero-order chi connectivity index (χ0) is 34.2. The Labute approximate surface area is 286 Å². The Balaban J connectivity index is 1.48. The number of benzene rings is 5. The number of carbonyl (C=O) groups excluding carboxylic acids is 3. The Bertz CT molecular complexity index is 2280. The molecule has 0 N–H and O–H groups in total. The van der Waals surface area contributed by atoms with Crippen LogP contribution in [0, 0.1) is 26.7 Å². The van der Waals surface area contributed by atoms with Gasteiger partial charge in [0.25, 0.3) is 0 Å². The number of aromatic nitrogens is 1. The summed E-state index contributed by atoms with van der Waals surface area (Å²) < 4.78 is 2.42. The standard InChI is InChI=1S/C43H40N2O4/c1-26-21-27(2)39(28(3)22-26)43(48)37-24-36-35-23-32(42(47)40(44-49-29(4)46)31-15-9-6-10-16-31)19-20-38(35)45(25-30-13-7-5-8-14-30)41(36)34-18-12-11-17-33(34)37/h6,9-12,15-24,30H,5,7-8,13-14,25H2,1-4H3/b44-40+. The molecule has 1 aliphatic rings. The number of oxime groups is 1. The Hall–Kier alpha value is -5.36. The molecule has 1 saturated carbocycles. The number of Topliss-reactive ketones (excluding diaryl/α,β-unsaturated/α-hetero) is 1. The van der Waals surface area contributed by atoms with Gasteiger partial charge in [-0.2, -0.15) is 0 Å². The van der Waals surface area contributed by atoms with Crippen LogP contribution in [0.5, 0.6) is 0 Å². The SMILES string of the molecule is CC(=O)O/N=C(/C(=O)c1ccc2c(c1)c1cc(C(=O)c3c(C)cc(C)cc3C)c3ccccc3c1n2CC1CCCCC1)c1ccccc1. The van der Waals surface area contributed by atoms with Gasteiger partial charge in [0.2, 0.25) is 5.78 Å². The monoisotopic (exact) mass is 648 g/mol. The van der Waals surface area contributed by atoms with Crippen molar-refractivity contribution in [2.24, 2.45) is 11.1 Å². The Morgan fingerprint density at radius 2 is 1.41 bits per heavy atom. The minimum absolute atomic E-state index is 0.00612. The summed E-state index contributed by atoms with van der Waals surface area (Å²) in [5.41, 5.74) is 7.54. The average Bonchev–Trinajstić information content (AvgIpc) is 3.40. The summed E-state index contributed by atoms with van der Waals surface area (Å²) in [5, 5.41) is 7.77. The van der Waals surface area contributed by atoms with Gasteiger partial charge in [-0.05, 0) is 80.3 Å². The number of ketones is 2. The second-order valence-corrected chi connectivity index (χ2v) is 13.5. The number of nitrogens with zero attached hydrogens (tertiary/aromatic N) is 2.